The molecule has 0 radical (unpaired) electrons. The first-order chi connectivity index (χ1) is 12.5. The Balaban J connectivity index is 1.85. The molecule has 0 saturated carbocycles. The van der Waals surface area contributed by atoms with Crippen LogP contribution in [0.25, 0.3) is 6.08 Å². The van der Waals surface area contributed by atoms with Crippen LogP contribution in [-0.4, -0.2) is 14.2 Å². The number of nitrogens with one attached hydrogen (secondary N) is 1. The van der Waals surface area contributed by atoms with Crippen molar-refractivity contribution >= 4 is 27.6 Å². The van der Waals surface area contributed by atoms with E-state index in [4.69, 9.17) is 4.42 Å². The number of aryl methyl sites for hydroxylation is 1. The molecule has 0 unspecified atom stereocenters. The van der Waals surface area contributed by atoms with Gasteiger partial charge in [0, 0.05) is 0 Å². The predicted octanol–water partition coefficient (Wildman–Crippen LogP) is 4.28. The molecular weight excluding hydrogens is 350 g/mol. The molecule has 0 amide bonds. The Morgan fingerprint density at radius 1 is 0.962 bits per heavy atom. The molecule has 6 heteroatoms. The molecule has 1 heterocycles. The lowest BCUT2D eigenvalue weighted by Crippen LogP contribution is -2.13. The third-order valence-electron chi connectivity index (χ3n) is 3.66. The second kappa shape index (κ2) is 7.41. The summed E-state index contributed by atoms with van der Waals surface area (Å²) in [5.41, 5.74) is 0.958. The average Bonchev–Trinajstić information content (AvgIpc) is 3.08. The van der Waals surface area contributed by atoms with Crippen molar-refractivity contribution in [2.45, 2.75) is 11.8 Å². The number of hydrogen-bond donors (Lipinski definition) is 1. The van der Waals surface area contributed by atoms with Crippen molar-refractivity contribution in [2.75, 3.05) is 4.72 Å². The van der Waals surface area contributed by atoms with E-state index >= 15 is 0 Å². The molecule has 0 fully saturated rings. The van der Waals surface area contributed by atoms with Crippen LogP contribution < -0.4 is 4.72 Å². The van der Waals surface area contributed by atoms with E-state index < -0.39 is 10.0 Å². The van der Waals surface area contributed by atoms with Crippen molar-refractivity contribution in [3.8, 4) is 0 Å². The Morgan fingerprint density at radius 3 is 2.35 bits per heavy atom. The number of ketones is 1. The van der Waals surface area contributed by atoms with Gasteiger partial charge in [-0.3, -0.25) is 9.52 Å². The summed E-state index contributed by atoms with van der Waals surface area (Å²) in [6, 6.07) is 18.3. The summed E-state index contributed by atoms with van der Waals surface area (Å²) in [6.45, 7) is 1.76. The minimum Gasteiger partial charge on any atom is -0.458 e. The zero-order chi connectivity index (χ0) is 18.6. The summed E-state index contributed by atoms with van der Waals surface area (Å²) in [5, 5.41) is 0. The van der Waals surface area contributed by atoms with Gasteiger partial charge in [0.2, 0.25) is 5.78 Å². The minimum absolute atomic E-state index is 0.168. The summed E-state index contributed by atoms with van der Waals surface area (Å²) in [4.78, 5) is 12.3. The summed E-state index contributed by atoms with van der Waals surface area (Å²) in [6.07, 6.45) is 2.91. The normalized spacial score (nSPS) is 11.6. The molecule has 0 aliphatic rings. The molecule has 1 N–H and O–H groups in total. The van der Waals surface area contributed by atoms with Crippen molar-refractivity contribution in [3.63, 3.8) is 0 Å². The lowest BCUT2D eigenvalue weighted by atomic mass is 10.1. The standard InChI is InChI=1S/C20H17NO4S/c1-15-11-14-20(25-15)19(22)13-12-16-7-5-6-10-18(16)21-26(23,24)17-8-3-2-4-9-17/h2-14,21H,1H3/b13-12+. The molecule has 5 nitrogen and oxygen atoms in total. The van der Waals surface area contributed by atoms with Crippen molar-refractivity contribution in [2.24, 2.45) is 0 Å². The molecule has 3 rings (SSSR count). The smallest absolute Gasteiger partial charge is 0.261 e. The molecule has 132 valence electrons. The maximum Gasteiger partial charge on any atom is 0.261 e. The van der Waals surface area contributed by atoms with Crippen LogP contribution in [0.3, 0.4) is 0 Å². The van der Waals surface area contributed by atoms with Gasteiger partial charge in [0.1, 0.15) is 5.76 Å². The SMILES string of the molecule is Cc1ccc(C(=O)/C=C/c2ccccc2NS(=O)(=O)c2ccccc2)o1. The fourth-order valence-corrected chi connectivity index (χ4v) is 3.46. The zero-order valence-electron chi connectivity index (χ0n) is 14.0. The van der Waals surface area contributed by atoms with E-state index in [9.17, 15) is 13.2 Å². The van der Waals surface area contributed by atoms with Gasteiger partial charge >= 0.3 is 0 Å². The highest BCUT2D eigenvalue weighted by Gasteiger charge is 2.15. The highest BCUT2D eigenvalue weighted by Crippen LogP contribution is 2.21. The molecule has 26 heavy (non-hydrogen) atoms. The number of hydrogen-bond acceptors (Lipinski definition) is 4. The second-order valence-electron chi connectivity index (χ2n) is 5.61. The molecule has 1 aromatic heterocycles. The number of carbonyl (C=O) groups excluding carboxylic acids is 1. The van der Waals surface area contributed by atoms with Crippen LogP contribution in [0.2, 0.25) is 0 Å². The van der Waals surface area contributed by atoms with E-state index in [1.54, 1.807) is 67.6 Å². The molecule has 3 aromatic rings. The van der Waals surface area contributed by atoms with Gasteiger partial charge in [-0.1, -0.05) is 36.4 Å². The van der Waals surface area contributed by atoms with E-state index in [2.05, 4.69) is 4.72 Å². The van der Waals surface area contributed by atoms with Gasteiger partial charge in [-0.25, -0.2) is 8.42 Å². The van der Waals surface area contributed by atoms with Crippen LogP contribution in [0.5, 0.6) is 0 Å². The molecule has 0 spiro atoms. The van der Waals surface area contributed by atoms with Crippen LogP contribution >= 0.6 is 0 Å². The molecule has 0 atom stereocenters. The Hall–Kier alpha value is -3.12. The molecule has 0 bridgehead atoms. The fourth-order valence-electron chi connectivity index (χ4n) is 2.35. The van der Waals surface area contributed by atoms with E-state index in [-0.39, 0.29) is 16.4 Å². The maximum atomic E-state index is 12.5. The fraction of sp³-hybridized carbons (Fsp3) is 0.0500. The summed E-state index contributed by atoms with van der Waals surface area (Å²) in [5.74, 6) is 0.595. The van der Waals surface area contributed by atoms with Gasteiger partial charge in [-0.15, -0.1) is 0 Å². The first-order valence-electron chi connectivity index (χ1n) is 7.91. The van der Waals surface area contributed by atoms with E-state index in [0.717, 1.165) is 0 Å². The molecule has 0 aliphatic carbocycles. The minimum atomic E-state index is -3.71. The summed E-state index contributed by atoms with van der Waals surface area (Å²) in [7, 11) is -3.71. The number of furan rings is 1. The topological polar surface area (TPSA) is 76.4 Å². The van der Waals surface area contributed by atoms with E-state index in [1.165, 1.54) is 18.2 Å². The Labute approximate surface area is 152 Å². The van der Waals surface area contributed by atoms with Gasteiger partial charge < -0.3 is 4.42 Å². The van der Waals surface area contributed by atoms with Gasteiger partial charge in [0.25, 0.3) is 10.0 Å². The number of benzene rings is 2. The van der Waals surface area contributed by atoms with Crippen LogP contribution in [0.1, 0.15) is 21.9 Å². The third-order valence-corrected chi connectivity index (χ3v) is 5.04. The van der Waals surface area contributed by atoms with Crippen molar-refractivity contribution in [1.82, 2.24) is 0 Å². The molecule has 0 saturated heterocycles. The van der Waals surface area contributed by atoms with Crippen molar-refractivity contribution in [1.29, 1.82) is 0 Å². The molecule has 2 aromatic carbocycles. The van der Waals surface area contributed by atoms with Crippen LogP contribution in [-0.2, 0) is 10.0 Å². The van der Waals surface area contributed by atoms with Crippen LogP contribution in [0, 0.1) is 6.92 Å². The second-order valence-corrected chi connectivity index (χ2v) is 7.30. The van der Waals surface area contributed by atoms with Gasteiger partial charge in [0.05, 0.1) is 10.6 Å². The van der Waals surface area contributed by atoms with Crippen LogP contribution in [0.15, 0.2) is 82.1 Å². The van der Waals surface area contributed by atoms with E-state index in [1.807, 2.05) is 0 Å². The Morgan fingerprint density at radius 2 is 1.65 bits per heavy atom. The third kappa shape index (κ3) is 4.10. The van der Waals surface area contributed by atoms with Crippen molar-refractivity contribution < 1.29 is 17.6 Å². The monoisotopic (exact) mass is 367 g/mol. The zero-order valence-corrected chi connectivity index (χ0v) is 14.9. The number of allylic oxidation sites excluding steroid dienone is 1. The number of para-hydroxylation sites is 1. The van der Waals surface area contributed by atoms with Gasteiger partial charge in [-0.05, 0) is 55.0 Å². The average molecular weight is 367 g/mol. The van der Waals surface area contributed by atoms with Gasteiger partial charge in [-0.2, -0.15) is 0 Å². The lowest BCUT2D eigenvalue weighted by Gasteiger charge is -2.10. The number of sulfonamides is 1. The Kier molecular flexibility index (Phi) is 5.04. The highest BCUT2D eigenvalue weighted by molar-refractivity contribution is 7.92. The Bertz CT molecular complexity index is 1050. The summed E-state index contributed by atoms with van der Waals surface area (Å²) < 4.78 is 32.8. The quantitative estimate of drug-likeness (QED) is 0.521. The van der Waals surface area contributed by atoms with Gasteiger partial charge in [0.15, 0.2) is 5.76 Å². The van der Waals surface area contributed by atoms with E-state index in [0.29, 0.717) is 17.0 Å². The van der Waals surface area contributed by atoms with Crippen molar-refractivity contribution in [3.05, 3.63) is 89.9 Å². The van der Waals surface area contributed by atoms with Crippen LogP contribution in [0.4, 0.5) is 5.69 Å². The summed E-state index contributed by atoms with van der Waals surface area (Å²) >= 11 is 0. The predicted molar refractivity (Wildman–Crippen MR) is 101 cm³/mol. The molecule has 0 aliphatic heterocycles. The number of rotatable bonds is 6. The largest absolute Gasteiger partial charge is 0.458 e. The maximum absolute atomic E-state index is 12.5. The number of anilines is 1. The number of carbonyl (C=O) groups is 1. The highest BCUT2D eigenvalue weighted by atomic mass is 32.2. The first-order valence-corrected chi connectivity index (χ1v) is 9.40. The lowest BCUT2D eigenvalue weighted by molar-refractivity contribution is 0.102. The first kappa shape index (κ1) is 17.7. The molecular formula is C20H17NO4S.